The highest BCUT2D eigenvalue weighted by atomic mass is 35.5. The van der Waals surface area contributed by atoms with Crippen LogP contribution in [0.25, 0.3) is 0 Å². The summed E-state index contributed by atoms with van der Waals surface area (Å²) in [7, 11) is -3.50. The van der Waals surface area contributed by atoms with Gasteiger partial charge in [0.15, 0.2) is 0 Å². The van der Waals surface area contributed by atoms with Crippen molar-refractivity contribution in [3.8, 4) is 0 Å². The Morgan fingerprint density at radius 3 is 2.52 bits per heavy atom. The first-order valence-corrected chi connectivity index (χ1v) is 9.20. The summed E-state index contributed by atoms with van der Waals surface area (Å²) in [5.41, 5.74) is 1.68. The number of hydrogen-bond donors (Lipinski definition) is 2. The number of hydrogen-bond acceptors (Lipinski definition) is 3. The van der Waals surface area contributed by atoms with Crippen LogP contribution in [0.5, 0.6) is 0 Å². The lowest BCUT2D eigenvalue weighted by molar-refractivity contribution is 0.383. The van der Waals surface area contributed by atoms with Crippen LogP contribution in [-0.4, -0.2) is 20.5 Å². The van der Waals surface area contributed by atoms with Crippen LogP contribution in [0.1, 0.15) is 44.2 Å². The standard InChI is InChI=1S/C15H23ClN2O2S/c1-10(2)17-9-12-7-13(16)8-15(11(12)3)21(19,20)18-14-5-4-6-14/h7-8,10,14,17-18H,4-6,9H2,1-3H3. The third-order valence-electron chi connectivity index (χ3n) is 3.85. The molecular weight excluding hydrogens is 308 g/mol. The second-order valence-corrected chi connectivity index (χ2v) is 8.09. The second kappa shape index (κ2) is 6.65. The quantitative estimate of drug-likeness (QED) is 0.843. The highest BCUT2D eigenvalue weighted by molar-refractivity contribution is 7.89. The van der Waals surface area contributed by atoms with Gasteiger partial charge in [0.05, 0.1) is 4.90 Å². The van der Waals surface area contributed by atoms with Gasteiger partial charge in [-0.15, -0.1) is 0 Å². The molecule has 1 fully saturated rings. The van der Waals surface area contributed by atoms with Gasteiger partial charge in [0, 0.05) is 23.7 Å². The van der Waals surface area contributed by atoms with Crippen LogP contribution in [0.4, 0.5) is 0 Å². The maximum atomic E-state index is 12.5. The van der Waals surface area contributed by atoms with E-state index in [0.29, 0.717) is 22.5 Å². The van der Waals surface area contributed by atoms with E-state index < -0.39 is 10.0 Å². The monoisotopic (exact) mass is 330 g/mol. The molecule has 0 aromatic heterocycles. The van der Waals surface area contributed by atoms with E-state index in [-0.39, 0.29) is 6.04 Å². The summed E-state index contributed by atoms with van der Waals surface area (Å²) in [5.74, 6) is 0. The third-order valence-corrected chi connectivity index (χ3v) is 5.71. The summed E-state index contributed by atoms with van der Waals surface area (Å²) >= 11 is 6.11. The van der Waals surface area contributed by atoms with Gasteiger partial charge >= 0.3 is 0 Å². The first-order valence-electron chi connectivity index (χ1n) is 7.34. The zero-order valence-electron chi connectivity index (χ0n) is 12.7. The molecule has 1 aromatic carbocycles. The van der Waals surface area contributed by atoms with E-state index >= 15 is 0 Å². The molecule has 2 N–H and O–H groups in total. The number of sulfonamides is 1. The van der Waals surface area contributed by atoms with E-state index in [4.69, 9.17) is 11.6 Å². The lowest BCUT2D eigenvalue weighted by Crippen LogP contribution is -2.39. The summed E-state index contributed by atoms with van der Waals surface area (Å²) in [6.07, 6.45) is 2.92. The smallest absolute Gasteiger partial charge is 0.241 e. The second-order valence-electron chi connectivity index (χ2n) is 5.97. The van der Waals surface area contributed by atoms with Gasteiger partial charge in [-0.3, -0.25) is 0 Å². The molecule has 0 saturated heterocycles. The molecule has 0 heterocycles. The van der Waals surface area contributed by atoms with E-state index in [9.17, 15) is 8.42 Å². The molecule has 1 aliphatic carbocycles. The van der Waals surface area contributed by atoms with E-state index in [2.05, 4.69) is 23.9 Å². The molecule has 0 spiro atoms. The van der Waals surface area contributed by atoms with E-state index in [1.807, 2.05) is 13.0 Å². The van der Waals surface area contributed by atoms with Crippen molar-refractivity contribution in [1.29, 1.82) is 0 Å². The largest absolute Gasteiger partial charge is 0.310 e. The first kappa shape index (κ1) is 16.7. The van der Waals surface area contributed by atoms with Gasteiger partial charge in [0.25, 0.3) is 0 Å². The molecule has 118 valence electrons. The maximum Gasteiger partial charge on any atom is 0.241 e. The summed E-state index contributed by atoms with van der Waals surface area (Å²) in [6.45, 7) is 6.55. The molecule has 6 heteroatoms. The minimum Gasteiger partial charge on any atom is -0.310 e. The Balaban J connectivity index is 2.29. The summed E-state index contributed by atoms with van der Waals surface area (Å²) < 4.78 is 27.8. The lowest BCUT2D eigenvalue weighted by Gasteiger charge is -2.26. The van der Waals surface area contributed by atoms with Crippen LogP contribution in [0.15, 0.2) is 17.0 Å². The minimum absolute atomic E-state index is 0.0746. The molecule has 0 aliphatic heterocycles. The van der Waals surface area contributed by atoms with E-state index in [1.54, 1.807) is 0 Å². The van der Waals surface area contributed by atoms with Crippen molar-refractivity contribution in [2.75, 3.05) is 0 Å². The minimum atomic E-state index is -3.50. The fourth-order valence-electron chi connectivity index (χ4n) is 2.29. The average Bonchev–Trinajstić information content (AvgIpc) is 2.34. The SMILES string of the molecule is Cc1c(CNC(C)C)cc(Cl)cc1S(=O)(=O)NC1CCC1. The highest BCUT2D eigenvalue weighted by Gasteiger charge is 2.26. The summed E-state index contributed by atoms with van der Waals surface area (Å²) in [5, 5.41) is 3.75. The van der Waals surface area contributed by atoms with Crippen molar-refractivity contribution in [1.82, 2.24) is 10.0 Å². The first-order chi connectivity index (χ1) is 9.79. The Morgan fingerprint density at radius 2 is 2.00 bits per heavy atom. The molecule has 4 nitrogen and oxygen atoms in total. The van der Waals surface area contributed by atoms with E-state index in [1.165, 1.54) is 6.07 Å². The number of halogens is 1. The molecule has 0 bridgehead atoms. The van der Waals surface area contributed by atoms with Gasteiger partial charge in [-0.1, -0.05) is 31.9 Å². The van der Waals surface area contributed by atoms with Gasteiger partial charge in [0.1, 0.15) is 0 Å². The van der Waals surface area contributed by atoms with Crippen LogP contribution in [0.3, 0.4) is 0 Å². The molecule has 0 radical (unpaired) electrons. The molecule has 0 unspecified atom stereocenters. The van der Waals surface area contributed by atoms with Crippen molar-refractivity contribution in [3.05, 3.63) is 28.3 Å². The fraction of sp³-hybridized carbons (Fsp3) is 0.600. The molecule has 1 saturated carbocycles. The molecule has 2 rings (SSSR count). The lowest BCUT2D eigenvalue weighted by atomic mass is 9.94. The van der Waals surface area contributed by atoms with Crippen LogP contribution >= 0.6 is 11.6 Å². The van der Waals surface area contributed by atoms with Crippen molar-refractivity contribution in [2.24, 2.45) is 0 Å². The van der Waals surface area contributed by atoms with Crippen molar-refractivity contribution in [3.63, 3.8) is 0 Å². The third kappa shape index (κ3) is 4.19. The van der Waals surface area contributed by atoms with Gasteiger partial charge in [-0.2, -0.15) is 0 Å². The topological polar surface area (TPSA) is 58.2 Å². The predicted molar refractivity (Wildman–Crippen MR) is 86.1 cm³/mol. The Hall–Kier alpha value is -0.620. The molecular formula is C15H23ClN2O2S. The van der Waals surface area contributed by atoms with Gasteiger partial charge in [0.2, 0.25) is 10.0 Å². The predicted octanol–water partition coefficient (Wildman–Crippen LogP) is 2.98. The zero-order valence-corrected chi connectivity index (χ0v) is 14.3. The fourth-order valence-corrected chi connectivity index (χ4v) is 4.22. The van der Waals surface area contributed by atoms with Gasteiger partial charge in [-0.05, 0) is 43.0 Å². The molecule has 0 atom stereocenters. The molecule has 1 aliphatic rings. The van der Waals surface area contributed by atoms with Gasteiger partial charge < -0.3 is 5.32 Å². The van der Waals surface area contributed by atoms with Crippen LogP contribution < -0.4 is 10.0 Å². The van der Waals surface area contributed by atoms with E-state index in [0.717, 1.165) is 30.4 Å². The Kier molecular flexibility index (Phi) is 5.30. The number of benzene rings is 1. The molecule has 1 aromatic rings. The van der Waals surface area contributed by atoms with Crippen LogP contribution in [0, 0.1) is 6.92 Å². The Morgan fingerprint density at radius 1 is 1.33 bits per heavy atom. The van der Waals surface area contributed by atoms with Crippen LogP contribution in [-0.2, 0) is 16.6 Å². The molecule has 0 amide bonds. The number of rotatable bonds is 6. The zero-order chi connectivity index (χ0) is 15.6. The Labute approximate surface area is 132 Å². The van der Waals surface area contributed by atoms with Crippen molar-refractivity contribution in [2.45, 2.75) is 63.6 Å². The van der Waals surface area contributed by atoms with Gasteiger partial charge in [-0.25, -0.2) is 13.1 Å². The summed E-state index contributed by atoms with van der Waals surface area (Å²) in [4.78, 5) is 0.294. The normalized spacial score (nSPS) is 16.2. The van der Waals surface area contributed by atoms with Crippen molar-refractivity contribution < 1.29 is 8.42 Å². The molecule has 21 heavy (non-hydrogen) atoms. The Bertz CT molecular complexity index is 610. The summed E-state index contributed by atoms with van der Waals surface area (Å²) in [6, 6.07) is 3.77. The maximum absolute atomic E-state index is 12.5. The number of nitrogens with one attached hydrogen (secondary N) is 2. The van der Waals surface area contributed by atoms with Crippen LogP contribution in [0.2, 0.25) is 5.02 Å². The van der Waals surface area contributed by atoms with Crippen molar-refractivity contribution >= 4 is 21.6 Å². The highest BCUT2D eigenvalue weighted by Crippen LogP contribution is 2.27. The average molecular weight is 331 g/mol.